The van der Waals surface area contributed by atoms with Crippen molar-refractivity contribution < 1.29 is 14.1 Å². The summed E-state index contributed by atoms with van der Waals surface area (Å²) in [6.07, 6.45) is 3.62. The van der Waals surface area contributed by atoms with Crippen LogP contribution in [-0.2, 0) is 15.0 Å². The van der Waals surface area contributed by atoms with Crippen molar-refractivity contribution in [2.75, 3.05) is 26.2 Å². The molecule has 3 heterocycles. The Balaban J connectivity index is 1.70. The van der Waals surface area contributed by atoms with E-state index in [1.165, 1.54) is 0 Å². The second kappa shape index (κ2) is 6.85. The highest BCUT2D eigenvalue weighted by atomic mass is 19.2. The molecule has 0 radical (unpaired) electrons. The Morgan fingerprint density at radius 1 is 1.20 bits per heavy atom. The third-order valence-corrected chi connectivity index (χ3v) is 6.83. The van der Waals surface area contributed by atoms with Gasteiger partial charge in [0.15, 0.2) is 0 Å². The number of carbonyl (C=O) groups is 2. The molecule has 8 heteroatoms. The van der Waals surface area contributed by atoms with E-state index < -0.39 is 5.41 Å². The van der Waals surface area contributed by atoms with E-state index in [2.05, 4.69) is 27.6 Å². The van der Waals surface area contributed by atoms with Crippen LogP contribution in [0, 0.1) is 5.92 Å². The second-order valence-corrected chi connectivity index (χ2v) is 8.46. The fourth-order valence-corrected chi connectivity index (χ4v) is 5.31. The van der Waals surface area contributed by atoms with Crippen molar-refractivity contribution in [1.82, 2.24) is 25.5 Å². The molecule has 5 rings (SSSR count). The summed E-state index contributed by atoms with van der Waals surface area (Å²) in [5.41, 5.74) is 1.09. The lowest BCUT2D eigenvalue weighted by Gasteiger charge is -2.45. The van der Waals surface area contributed by atoms with Crippen molar-refractivity contribution in [3.05, 3.63) is 53.3 Å². The summed E-state index contributed by atoms with van der Waals surface area (Å²) in [5.74, 6) is -1.08. The molecule has 156 valence electrons. The standard InChI is InChI=1S/C22H24FN5O2/c1-13(27-11-9-24-10-12-27)18-17-15(20(29)25-21(17)30)7-8-22(18,2)19-14-5-3-4-6-16(14)28(23)26-19/h3-8,13,18,24H,9-12H2,1-2H3,(H,25,29,30). The topological polar surface area (TPSA) is 79.3 Å². The first-order valence-electron chi connectivity index (χ1n) is 10.3. The van der Waals surface area contributed by atoms with Gasteiger partial charge in [0.1, 0.15) is 5.52 Å². The molecule has 3 unspecified atom stereocenters. The molecule has 3 aliphatic rings. The van der Waals surface area contributed by atoms with Crippen LogP contribution in [0.25, 0.3) is 10.9 Å². The lowest BCUT2D eigenvalue weighted by atomic mass is 9.63. The number of piperazine rings is 1. The predicted octanol–water partition coefficient (Wildman–Crippen LogP) is 1.46. The minimum Gasteiger partial charge on any atom is -0.314 e. The molecule has 2 N–H and O–H groups in total. The molecular formula is C22H24FN5O2. The fraction of sp³-hybridized carbons (Fsp3) is 0.409. The van der Waals surface area contributed by atoms with Crippen LogP contribution in [0.5, 0.6) is 0 Å². The van der Waals surface area contributed by atoms with E-state index in [-0.39, 0.29) is 23.8 Å². The van der Waals surface area contributed by atoms with Gasteiger partial charge in [0.2, 0.25) is 0 Å². The minimum absolute atomic E-state index is 0.0489. The number of hydrogen-bond acceptors (Lipinski definition) is 5. The molecule has 0 bridgehead atoms. The molecule has 1 aromatic carbocycles. The molecule has 3 atom stereocenters. The van der Waals surface area contributed by atoms with E-state index in [9.17, 15) is 14.1 Å². The first-order valence-corrected chi connectivity index (χ1v) is 10.3. The van der Waals surface area contributed by atoms with E-state index in [1.807, 2.05) is 25.1 Å². The van der Waals surface area contributed by atoms with Crippen molar-refractivity contribution in [3.63, 3.8) is 0 Å². The van der Waals surface area contributed by atoms with Crippen molar-refractivity contribution in [1.29, 1.82) is 0 Å². The summed E-state index contributed by atoms with van der Waals surface area (Å²) in [7, 11) is 0. The van der Waals surface area contributed by atoms with Gasteiger partial charge in [0.05, 0.1) is 5.69 Å². The summed E-state index contributed by atoms with van der Waals surface area (Å²) in [6.45, 7) is 7.48. The van der Waals surface area contributed by atoms with Crippen LogP contribution < -0.4 is 10.6 Å². The van der Waals surface area contributed by atoms with Crippen LogP contribution in [-0.4, -0.2) is 58.9 Å². The number of rotatable bonds is 3. The molecule has 1 saturated heterocycles. The zero-order chi connectivity index (χ0) is 21.0. The van der Waals surface area contributed by atoms with E-state index in [0.29, 0.717) is 32.6 Å². The predicted molar refractivity (Wildman–Crippen MR) is 110 cm³/mol. The quantitative estimate of drug-likeness (QED) is 0.751. The maximum Gasteiger partial charge on any atom is 0.258 e. The van der Waals surface area contributed by atoms with Crippen molar-refractivity contribution >= 4 is 22.7 Å². The number of halogens is 1. The Morgan fingerprint density at radius 3 is 2.70 bits per heavy atom. The molecule has 2 amide bonds. The smallest absolute Gasteiger partial charge is 0.258 e. The molecule has 2 aliphatic heterocycles. The lowest BCUT2D eigenvalue weighted by molar-refractivity contribution is -0.124. The summed E-state index contributed by atoms with van der Waals surface area (Å²) in [5, 5.41) is 10.7. The minimum atomic E-state index is -0.762. The highest BCUT2D eigenvalue weighted by molar-refractivity contribution is 6.21. The van der Waals surface area contributed by atoms with Gasteiger partial charge in [-0.2, -0.15) is 0 Å². The maximum atomic E-state index is 14.6. The highest BCUT2D eigenvalue weighted by Crippen LogP contribution is 2.48. The summed E-state index contributed by atoms with van der Waals surface area (Å²) in [4.78, 5) is 28.0. The summed E-state index contributed by atoms with van der Waals surface area (Å²) < 4.78 is 14.6. The van der Waals surface area contributed by atoms with Crippen LogP contribution in [0.4, 0.5) is 4.48 Å². The largest absolute Gasteiger partial charge is 0.314 e. The van der Waals surface area contributed by atoms with Crippen LogP contribution >= 0.6 is 0 Å². The van der Waals surface area contributed by atoms with E-state index >= 15 is 0 Å². The number of amides is 2. The Kier molecular flexibility index (Phi) is 4.37. The molecule has 1 aromatic heterocycles. The van der Waals surface area contributed by atoms with Gasteiger partial charge in [-0.05, 0) is 19.9 Å². The lowest BCUT2D eigenvalue weighted by Crippen LogP contribution is -2.54. The number of allylic oxidation sites excluding steroid dienone is 1. The molecule has 2 aromatic rings. The van der Waals surface area contributed by atoms with Gasteiger partial charge in [0.25, 0.3) is 11.8 Å². The number of hydrogen-bond donors (Lipinski definition) is 2. The van der Waals surface area contributed by atoms with Gasteiger partial charge in [-0.25, -0.2) is 0 Å². The maximum absolute atomic E-state index is 14.6. The summed E-state index contributed by atoms with van der Waals surface area (Å²) in [6, 6.07) is 7.12. The Hall–Kier alpha value is -2.84. The van der Waals surface area contributed by atoms with Gasteiger partial charge in [0, 0.05) is 60.1 Å². The van der Waals surface area contributed by atoms with E-state index in [4.69, 9.17) is 0 Å². The number of fused-ring (bicyclic) bond motifs is 1. The molecule has 7 nitrogen and oxygen atoms in total. The molecule has 1 fully saturated rings. The zero-order valence-electron chi connectivity index (χ0n) is 17.0. The van der Waals surface area contributed by atoms with Gasteiger partial charge >= 0.3 is 0 Å². The number of imide groups is 1. The Morgan fingerprint density at radius 2 is 1.93 bits per heavy atom. The number of aromatic nitrogens is 2. The normalized spacial score (nSPS) is 28.2. The third kappa shape index (κ3) is 2.67. The van der Waals surface area contributed by atoms with Gasteiger partial charge < -0.3 is 5.32 Å². The highest BCUT2D eigenvalue weighted by Gasteiger charge is 2.51. The zero-order valence-corrected chi connectivity index (χ0v) is 17.0. The summed E-state index contributed by atoms with van der Waals surface area (Å²) >= 11 is 0. The molecule has 1 aliphatic carbocycles. The number of carbonyl (C=O) groups excluding carboxylic acids is 2. The number of nitrogens with one attached hydrogen (secondary N) is 2. The van der Waals surface area contributed by atoms with E-state index in [1.54, 1.807) is 18.2 Å². The first kappa shape index (κ1) is 19.1. The average molecular weight is 409 g/mol. The molecule has 0 saturated carbocycles. The Labute approximate surface area is 173 Å². The fourth-order valence-electron chi connectivity index (χ4n) is 5.31. The molecule has 0 spiro atoms. The van der Waals surface area contributed by atoms with Crippen molar-refractivity contribution in [2.45, 2.75) is 25.3 Å². The van der Waals surface area contributed by atoms with E-state index in [0.717, 1.165) is 26.2 Å². The Bertz CT molecular complexity index is 1110. The first-order chi connectivity index (χ1) is 14.4. The average Bonchev–Trinajstić information content (AvgIpc) is 3.25. The van der Waals surface area contributed by atoms with Crippen LogP contribution in [0.1, 0.15) is 19.5 Å². The van der Waals surface area contributed by atoms with Crippen LogP contribution in [0.3, 0.4) is 0 Å². The number of para-hydroxylation sites is 1. The monoisotopic (exact) mass is 409 g/mol. The number of benzene rings is 1. The van der Waals surface area contributed by atoms with Gasteiger partial charge in [-0.3, -0.25) is 19.8 Å². The molecular weight excluding hydrogens is 385 g/mol. The second-order valence-electron chi connectivity index (χ2n) is 8.46. The van der Waals surface area contributed by atoms with Gasteiger partial charge in [-0.15, -0.1) is 5.10 Å². The molecule has 30 heavy (non-hydrogen) atoms. The van der Waals surface area contributed by atoms with Crippen molar-refractivity contribution in [3.8, 4) is 0 Å². The van der Waals surface area contributed by atoms with Crippen LogP contribution in [0.2, 0.25) is 0 Å². The SMILES string of the molecule is CC(C1C2=C(C=CC1(C)c1nn(F)c3ccccc13)C(=O)NC2=O)N1CCNCC1. The third-order valence-electron chi connectivity index (χ3n) is 6.83. The van der Waals surface area contributed by atoms with Gasteiger partial charge in [-0.1, -0.05) is 39.7 Å². The van der Waals surface area contributed by atoms with Crippen molar-refractivity contribution in [2.24, 2.45) is 5.92 Å². The number of nitrogens with zero attached hydrogens (tertiary/aromatic N) is 3. The van der Waals surface area contributed by atoms with Crippen LogP contribution in [0.15, 0.2) is 47.6 Å².